The van der Waals surface area contributed by atoms with Crippen LogP contribution in [0.3, 0.4) is 0 Å². The van der Waals surface area contributed by atoms with Crippen molar-refractivity contribution in [1.29, 1.82) is 0 Å². The first-order valence-corrected chi connectivity index (χ1v) is 7.55. The van der Waals surface area contributed by atoms with Crippen molar-refractivity contribution >= 4 is 11.8 Å². The Balaban J connectivity index is 1.95. The SMILES string of the molecule is CCCn1nnnc1CSCc1cc(F)ccc1OC. The third-order valence-corrected chi connectivity index (χ3v) is 3.75. The van der Waals surface area contributed by atoms with E-state index in [-0.39, 0.29) is 5.82 Å². The molecule has 0 N–H and O–H groups in total. The second-order valence-corrected chi connectivity index (χ2v) is 5.25. The van der Waals surface area contributed by atoms with Crippen LogP contribution in [0, 0.1) is 5.82 Å². The van der Waals surface area contributed by atoms with Gasteiger partial charge in [0.2, 0.25) is 0 Å². The Morgan fingerprint density at radius 1 is 1.35 bits per heavy atom. The Labute approximate surface area is 121 Å². The number of tetrazole rings is 1. The molecule has 1 aromatic heterocycles. The van der Waals surface area contributed by atoms with Crippen LogP contribution in [0.4, 0.5) is 4.39 Å². The molecular formula is C13H17FN4OS. The lowest BCUT2D eigenvalue weighted by molar-refractivity contribution is 0.410. The molecule has 5 nitrogen and oxygen atoms in total. The molecule has 0 bridgehead atoms. The number of hydrogen-bond donors (Lipinski definition) is 0. The van der Waals surface area contributed by atoms with Crippen LogP contribution < -0.4 is 4.74 Å². The maximum Gasteiger partial charge on any atom is 0.161 e. The third-order valence-electron chi connectivity index (χ3n) is 2.77. The maximum absolute atomic E-state index is 13.2. The number of nitrogens with zero attached hydrogens (tertiary/aromatic N) is 4. The van der Waals surface area contributed by atoms with E-state index in [0.717, 1.165) is 24.4 Å². The molecule has 0 aliphatic rings. The molecule has 0 aliphatic heterocycles. The molecule has 1 aromatic carbocycles. The summed E-state index contributed by atoms with van der Waals surface area (Å²) in [4.78, 5) is 0. The van der Waals surface area contributed by atoms with Gasteiger partial charge in [-0.05, 0) is 35.0 Å². The molecule has 2 rings (SSSR count). The molecule has 0 atom stereocenters. The summed E-state index contributed by atoms with van der Waals surface area (Å²) in [5, 5.41) is 11.6. The van der Waals surface area contributed by atoms with E-state index in [9.17, 15) is 4.39 Å². The average Bonchev–Trinajstić information content (AvgIpc) is 2.87. The Kier molecular flexibility index (Phi) is 5.34. The number of rotatable bonds is 7. The summed E-state index contributed by atoms with van der Waals surface area (Å²) in [5.74, 6) is 2.63. The Bertz CT molecular complexity index is 561. The van der Waals surface area contributed by atoms with Gasteiger partial charge in [-0.15, -0.1) is 16.9 Å². The fourth-order valence-electron chi connectivity index (χ4n) is 1.82. The van der Waals surface area contributed by atoms with Crippen molar-refractivity contribution in [2.24, 2.45) is 0 Å². The molecule has 0 radical (unpaired) electrons. The topological polar surface area (TPSA) is 52.8 Å². The quantitative estimate of drug-likeness (QED) is 0.786. The van der Waals surface area contributed by atoms with Crippen LogP contribution >= 0.6 is 11.8 Å². The standard InChI is InChI=1S/C13H17FN4OS/c1-3-6-18-13(15-16-17-18)9-20-8-10-7-11(14)4-5-12(10)19-2/h4-5,7H,3,6,8-9H2,1-2H3. The van der Waals surface area contributed by atoms with Crippen LogP contribution in [0.25, 0.3) is 0 Å². The Morgan fingerprint density at radius 2 is 2.20 bits per heavy atom. The molecule has 0 unspecified atom stereocenters. The summed E-state index contributed by atoms with van der Waals surface area (Å²) >= 11 is 1.63. The number of ether oxygens (including phenoxy) is 1. The van der Waals surface area contributed by atoms with Crippen LogP contribution in [0.15, 0.2) is 18.2 Å². The van der Waals surface area contributed by atoms with E-state index in [1.165, 1.54) is 12.1 Å². The van der Waals surface area contributed by atoms with Crippen molar-refractivity contribution < 1.29 is 9.13 Å². The largest absolute Gasteiger partial charge is 0.496 e. The van der Waals surface area contributed by atoms with Crippen LogP contribution in [-0.4, -0.2) is 27.3 Å². The van der Waals surface area contributed by atoms with Crippen LogP contribution in [0.2, 0.25) is 0 Å². The van der Waals surface area contributed by atoms with E-state index >= 15 is 0 Å². The van der Waals surface area contributed by atoms with Gasteiger partial charge in [-0.25, -0.2) is 9.07 Å². The van der Waals surface area contributed by atoms with Gasteiger partial charge in [-0.3, -0.25) is 0 Å². The van der Waals surface area contributed by atoms with Crippen molar-refractivity contribution in [3.63, 3.8) is 0 Å². The van der Waals surface area contributed by atoms with Crippen molar-refractivity contribution in [3.05, 3.63) is 35.4 Å². The van der Waals surface area contributed by atoms with E-state index < -0.39 is 0 Å². The molecular weight excluding hydrogens is 279 g/mol. The van der Waals surface area contributed by atoms with Gasteiger partial charge in [0.05, 0.1) is 12.9 Å². The fourth-order valence-corrected chi connectivity index (χ4v) is 2.76. The van der Waals surface area contributed by atoms with Crippen LogP contribution in [-0.2, 0) is 18.1 Å². The van der Waals surface area contributed by atoms with E-state index in [1.54, 1.807) is 29.6 Å². The molecule has 0 fully saturated rings. The smallest absolute Gasteiger partial charge is 0.161 e. The summed E-state index contributed by atoms with van der Waals surface area (Å²) < 4.78 is 20.3. The van der Waals surface area contributed by atoms with E-state index in [4.69, 9.17) is 4.74 Å². The molecule has 0 saturated heterocycles. The zero-order chi connectivity index (χ0) is 14.4. The van der Waals surface area contributed by atoms with E-state index in [2.05, 4.69) is 22.4 Å². The van der Waals surface area contributed by atoms with Crippen molar-refractivity contribution in [3.8, 4) is 5.75 Å². The summed E-state index contributed by atoms with van der Waals surface area (Å²) in [6.45, 7) is 2.89. The van der Waals surface area contributed by atoms with Crippen LogP contribution in [0.1, 0.15) is 24.7 Å². The third kappa shape index (κ3) is 3.69. The summed E-state index contributed by atoms with van der Waals surface area (Å²) in [6, 6.07) is 4.54. The monoisotopic (exact) mass is 296 g/mol. The van der Waals surface area contributed by atoms with Crippen molar-refractivity contribution in [2.45, 2.75) is 31.4 Å². The second kappa shape index (κ2) is 7.23. The first-order valence-electron chi connectivity index (χ1n) is 6.39. The van der Waals surface area contributed by atoms with E-state index in [0.29, 0.717) is 17.3 Å². The Morgan fingerprint density at radius 3 is 2.95 bits per heavy atom. The molecule has 108 valence electrons. The minimum atomic E-state index is -0.253. The Hall–Kier alpha value is -1.63. The number of halogens is 1. The highest BCUT2D eigenvalue weighted by molar-refractivity contribution is 7.97. The van der Waals surface area contributed by atoms with Crippen molar-refractivity contribution in [1.82, 2.24) is 20.2 Å². The van der Waals surface area contributed by atoms with Gasteiger partial charge in [0.25, 0.3) is 0 Å². The lowest BCUT2D eigenvalue weighted by Crippen LogP contribution is -2.04. The van der Waals surface area contributed by atoms with Gasteiger partial charge in [0, 0.05) is 17.9 Å². The fraction of sp³-hybridized carbons (Fsp3) is 0.462. The number of aromatic nitrogens is 4. The van der Waals surface area contributed by atoms with Gasteiger partial charge in [0.1, 0.15) is 11.6 Å². The molecule has 0 spiro atoms. The van der Waals surface area contributed by atoms with Crippen molar-refractivity contribution in [2.75, 3.05) is 7.11 Å². The number of methoxy groups -OCH3 is 1. The van der Waals surface area contributed by atoms with Gasteiger partial charge >= 0.3 is 0 Å². The second-order valence-electron chi connectivity index (χ2n) is 4.27. The zero-order valence-corrected chi connectivity index (χ0v) is 12.4. The van der Waals surface area contributed by atoms with Gasteiger partial charge < -0.3 is 4.74 Å². The van der Waals surface area contributed by atoms with Gasteiger partial charge in [-0.1, -0.05) is 6.92 Å². The molecule has 0 aliphatic carbocycles. The number of hydrogen-bond acceptors (Lipinski definition) is 5. The molecule has 7 heteroatoms. The first-order chi connectivity index (χ1) is 9.74. The van der Waals surface area contributed by atoms with Gasteiger partial charge in [-0.2, -0.15) is 0 Å². The summed E-state index contributed by atoms with van der Waals surface area (Å²) in [7, 11) is 1.59. The van der Waals surface area contributed by atoms with Gasteiger partial charge in [0.15, 0.2) is 5.82 Å². The predicted octanol–water partition coefficient (Wildman–Crippen LogP) is 2.66. The average molecular weight is 296 g/mol. The van der Waals surface area contributed by atoms with Crippen LogP contribution in [0.5, 0.6) is 5.75 Å². The predicted molar refractivity (Wildman–Crippen MR) is 76.1 cm³/mol. The maximum atomic E-state index is 13.2. The summed E-state index contributed by atoms with van der Waals surface area (Å²) in [6.07, 6.45) is 0.987. The highest BCUT2D eigenvalue weighted by Crippen LogP contribution is 2.25. The molecule has 0 saturated carbocycles. The molecule has 20 heavy (non-hydrogen) atoms. The molecule has 0 amide bonds. The highest BCUT2D eigenvalue weighted by atomic mass is 32.2. The lowest BCUT2D eigenvalue weighted by atomic mass is 10.2. The zero-order valence-electron chi connectivity index (χ0n) is 11.5. The minimum absolute atomic E-state index is 0.253. The first kappa shape index (κ1) is 14.8. The summed E-state index contributed by atoms with van der Waals surface area (Å²) in [5.41, 5.74) is 0.840. The normalized spacial score (nSPS) is 10.8. The molecule has 2 aromatic rings. The highest BCUT2D eigenvalue weighted by Gasteiger charge is 2.08. The number of thioether (sulfide) groups is 1. The number of aryl methyl sites for hydroxylation is 1. The number of benzene rings is 1. The minimum Gasteiger partial charge on any atom is -0.496 e. The van der Waals surface area contributed by atoms with E-state index in [1.807, 2.05) is 0 Å². The molecule has 1 heterocycles. The lowest BCUT2D eigenvalue weighted by Gasteiger charge is -2.08.